The SMILES string of the molecule is COC(OC)C1(O)COc2cc(O)ccc2-c2cc(O)c(O)cc2C1. The number of hydrogen-bond acceptors (Lipinski definition) is 7. The molecule has 0 aliphatic carbocycles. The van der Waals surface area contributed by atoms with Crippen LogP contribution in [-0.4, -0.2) is 53.1 Å². The van der Waals surface area contributed by atoms with Crippen molar-refractivity contribution < 1.29 is 34.6 Å². The average Bonchev–Trinajstić information content (AvgIpc) is 2.57. The minimum atomic E-state index is -1.55. The summed E-state index contributed by atoms with van der Waals surface area (Å²) in [7, 11) is 2.81. The second kappa shape index (κ2) is 6.44. The first kappa shape index (κ1) is 17.3. The van der Waals surface area contributed by atoms with Crippen molar-refractivity contribution in [1.29, 1.82) is 0 Å². The van der Waals surface area contributed by atoms with Gasteiger partial charge in [-0.15, -0.1) is 0 Å². The molecular weight excluding hydrogens is 328 g/mol. The molecule has 7 nitrogen and oxygen atoms in total. The highest BCUT2D eigenvalue weighted by Crippen LogP contribution is 2.43. The van der Waals surface area contributed by atoms with Gasteiger partial charge in [0.05, 0.1) is 0 Å². The van der Waals surface area contributed by atoms with Crippen molar-refractivity contribution in [3.63, 3.8) is 0 Å². The maximum atomic E-state index is 11.1. The van der Waals surface area contributed by atoms with Gasteiger partial charge in [-0.2, -0.15) is 0 Å². The summed E-state index contributed by atoms with van der Waals surface area (Å²) in [6, 6.07) is 7.35. The lowest BCUT2D eigenvalue weighted by molar-refractivity contribution is -0.224. The Balaban J connectivity index is 2.20. The highest BCUT2D eigenvalue weighted by atomic mass is 16.7. The van der Waals surface area contributed by atoms with Crippen molar-refractivity contribution in [3.05, 3.63) is 35.9 Å². The van der Waals surface area contributed by atoms with E-state index in [1.54, 1.807) is 6.07 Å². The topological polar surface area (TPSA) is 109 Å². The Morgan fingerprint density at radius 2 is 1.68 bits per heavy atom. The first-order valence-corrected chi connectivity index (χ1v) is 7.67. The molecule has 1 unspecified atom stereocenters. The lowest BCUT2D eigenvalue weighted by atomic mass is 9.87. The molecule has 0 saturated carbocycles. The molecule has 0 spiro atoms. The Morgan fingerprint density at radius 3 is 2.36 bits per heavy atom. The highest BCUT2D eigenvalue weighted by molar-refractivity contribution is 5.77. The van der Waals surface area contributed by atoms with Gasteiger partial charge in [-0.25, -0.2) is 0 Å². The molecule has 0 bridgehead atoms. The van der Waals surface area contributed by atoms with Gasteiger partial charge in [0, 0.05) is 32.3 Å². The number of fused-ring (bicyclic) bond motifs is 3. The van der Waals surface area contributed by atoms with E-state index in [1.165, 1.54) is 38.5 Å². The van der Waals surface area contributed by atoms with Gasteiger partial charge in [0.25, 0.3) is 0 Å². The number of aromatic hydroxyl groups is 3. The van der Waals surface area contributed by atoms with Crippen LogP contribution in [0.5, 0.6) is 23.0 Å². The third-order valence-electron chi connectivity index (χ3n) is 4.30. The third kappa shape index (κ3) is 3.09. The summed E-state index contributed by atoms with van der Waals surface area (Å²) < 4.78 is 16.1. The van der Waals surface area contributed by atoms with Crippen molar-refractivity contribution in [3.8, 4) is 34.1 Å². The van der Waals surface area contributed by atoms with Crippen LogP contribution in [-0.2, 0) is 15.9 Å². The molecule has 1 atom stereocenters. The minimum absolute atomic E-state index is 0.00227. The van der Waals surface area contributed by atoms with Crippen molar-refractivity contribution in [2.24, 2.45) is 0 Å². The number of rotatable bonds is 3. The summed E-state index contributed by atoms with van der Waals surface area (Å²) in [5, 5.41) is 40.6. The zero-order valence-electron chi connectivity index (χ0n) is 13.9. The maximum absolute atomic E-state index is 11.1. The standard InChI is InChI=1S/C18H20O7/c1-23-17(24-2)18(22)8-10-5-14(20)15(21)7-13(10)12-4-3-11(19)6-16(12)25-9-18/h3-7,17,19-22H,8-9H2,1-2H3. The molecule has 134 valence electrons. The van der Waals surface area contributed by atoms with Gasteiger partial charge in [0.1, 0.15) is 18.1 Å². The van der Waals surface area contributed by atoms with Gasteiger partial charge >= 0.3 is 0 Å². The largest absolute Gasteiger partial charge is 0.508 e. The van der Waals surface area contributed by atoms with Crippen LogP contribution < -0.4 is 4.74 Å². The van der Waals surface area contributed by atoms with Gasteiger partial charge in [-0.1, -0.05) is 0 Å². The minimum Gasteiger partial charge on any atom is -0.508 e. The Morgan fingerprint density at radius 1 is 1.00 bits per heavy atom. The lowest BCUT2D eigenvalue weighted by Crippen LogP contribution is -2.51. The molecule has 0 radical (unpaired) electrons. The van der Waals surface area contributed by atoms with E-state index < -0.39 is 11.9 Å². The monoisotopic (exact) mass is 348 g/mol. The van der Waals surface area contributed by atoms with Crippen molar-refractivity contribution in [2.75, 3.05) is 20.8 Å². The van der Waals surface area contributed by atoms with E-state index in [4.69, 9.17) is 14.2 Å². The fourth-order valence-corrected chi connectivity index (χ4v) is 3.14. The normalized spacial score (nSPS) is 19.5. The second-order valence-corrected chi connectivity index (χ2v) is 6.05. The van der Waals surface area contributed by atoms with E-state index in [0.29, 0.717) is 22.4 Å². The zero-order chi connectivity index (χ0) is 18.2. The molecule has 7 heteroatoms. The van der Waals surface area contributed by atoms with E-state index in [2.05, 4.69) is 0 Å². The predicted octanol–water partition coefficient (Wildman–Crippen LogP) is 1.76. The fraction of sp³-hybridized carbons (Fsp3) is 0.333. The molecule has 1 heterocycles. The van der Waals surface area contributed by atoms with Crippen molar-refractivity contribution in [2.45, 2.75) is 18.3 Å². The third-order valence-corrected chi connectivity index (χ3v) is 4.30. The van der Waals surface area contributed by atoms with Crippen molar-refractivity contribution >= 4 is 0 Å². The molecule has 2 aromatic rings. The van der Waals surface area contributed by atoms with Crippen molar-refractivity contribution in [1.82, 2.24) is 0 Å². The Hall–Kier alpha value is -2.48. The van der Waals surface area contributed by atoms with Gasteiger partial charge in [0.2, 0.25) is 0 Å². The lowest BCUT2D eigenvalue weighted by Gasteiger charge is -2.36. The maximum Gasteiger partial charge on any atom is 0.189 e. The van der Waals surface area contributed by atoms with E-state index in [9.17, 15) is 20.4 Å². The molecule has 0 amide bonds. The van der Waals surface area contributed by atoms with Crippen LogP contribution in [0.15, 0.2) is 30.3 Å². The smallest absolute Gasteiger partial charge is 0.189 e. The number of phenolic OH excluding ortho intramolecular Hbond substituents is 3. The molecule has 0 saturated heterocycles. The van der Waals surface area contributed by atoms with Crippen LogP contribution in [0.3, 0.4) is 0 Å². The zero-order valence-corrected chi connectivity index (χ0v) is 13.9. The number of aliphatic hydroxyl groups is 1. The van der Waals surface area contributed by atoms with Crippen LogP contribution in [0.25, 0.3) is 11.1 Å². The summed E-state index contributed by atoms with van der Waals surface area (Å²) in [5.74, 6) is -0.260. The summed E-state index contributed by atoms with van der Waals surface area (Å²) in [6.07, 6.45) is -0.918. The summed E-state index contributed by atoms with van der Waals surface area (Å²) in [6.45, 7) is -0.156. The van der Waals surface area contributed by atoms with Crippen LogP contribution in [0.1, 0.15) is 5.56 Å². The molecule has 0 aromatic heterocycles. The summed E-state index contributed by atoms with van der Waals surface area (Å²) >= 11 is 0. The second-order valence-electron chi connectivity index (χ2n) is 6.05. The molecule has 0 fully saturated rings. The van der Waals surface area contributed by atoms with Gasteiger partial charge in [-0.3, -0.25) is 0 Å². The average molecular weight is 348 g/mol. The molecule has 1 aliphatic heterocycles. The Bertz CT molecular complexity index is 785. The van der Waals surface area contributed by atoms with Gasteiger partial charge in [0.15, 0.2) is 23.4 Å². The Labute approximate surface area is 144 Å². The van der Waals surface area contributed by atoms with E-state index in [0.717, 1.165) is 0 Å². The van der Waals surface area contributed by atoms with Crippen LogP contribution in [0, 0.1) is 0 Å². The van der Waals surface area contributed by atoms with Crippen LogP contribution in [0.2, 0.25) is 0 Å². The molecule has 2 aromatic carbocycles. The van der Waals surface area contributed by atoms with Gasteiger partial charge < -0.3 is 34.6 Å². The summed E-state index contributed by atoms with van der Waals surface area (Å²) in [5.41, 5.74) is 0.211. The molecular formula is C18H20O7. The van der Waals surface area contributed by atoms with Crippen LogP contribution >= 0.6 is 0 Å². The Kier molecular flexibility index (Phi) is 4.47. The number of benzene rings is 2. The molecule has 25 heavy (non-hydrogen) atoms. The number of methoxy groups -OCH3 is 2. The van der Waals surface area contributed by atoms with E-state index in [-0.39, 0.29) is 30.3 Å². The highest BCUT2D eigenvalue weighted by Gasteiger charge is 2.41. The predicted molar refractivity (Wildman–Crippen MR) is 88.8 cm³/mol. The van der Waals surface area contributed by atoms with E-state index >= 15 is 0 Å². The number of ether oxygens (including phenoxy) is 3. The number of phenols is 3. The molecule has 3 rings (SSSR count). The fourth-order valence-electron chi connectivity index (χ4n) is 3.14. The van der Waals surface area contributed by atoms with Gasteiger partial charge in [-0.05, 0) is 35.4 Å². The first-order chi connectivity index (χ1) is 11.9. The van der Waals surface area contributed by atoms with E-state index in [1.807, 2.05) is 0 Å². The molecule has 4 N–H and O–H groups in total. The molecule has 1 aliphatic rings. The first-order valence-electron chi connectivity index (χ1n) is 7.67. The quantitative estimate of drug-likeness (QED) is 0.494. The summed E-state index contributed by atoms with van der Waals surface area (Å²) in [4.78, 5) is 0. The van der Waals surface area contributed by atoms with Crippen LogP contribution in [0.4, 0.5) is 0 Å². The number of hydrogen-bond donors (Lipinski definition) is 4.